The Balaban J connectivity index is 1.80. The zero-order chi connectivity index (χ0) is 17.6. The predicted molar refractivity (Wildman–Crippen MR) is 99.2 cm³/mol. The maximum Gasteiger partial charge on any atom is 0.265 e. The summed E-state index contributed by atoms with van der Waals surface area (Å²) in [5, 5.41) is 3.48. The number of carbonyl (C=O) groups excluding carboxylic acids is 1. The van der Waals surface area contributed by atoms with E-state index in [9.17, 15) is 9.59 Å². The van der Waals surface area contributed by atoms with Crippen molar-refractivity contribution < 1.29 is 4.79 Å². The maximum atomic E-state index is 12.6. The van der Waals surface area contributed by atoms with Crippen molar-refractivity contribution in [1.82, 2.24) is 14.9 Å². The molecule has 5 nitrogen and oxygen atoms in total. The van der Waals surface area contributed by atoms with Gasteiger partial charge in [0.2, 0.25) is 0 Å². The van der Waals surface area contributed by atoms with Crippen molar-refractivity contribution in [2.24, 2.45) is 0 Å². The molecule has 1 amide bonds. The van der Waals surface area contributed by atoms with Gasteiger partial charge in [-0.2, -0.15) is 0 Å². The van der Waals surface area contributed by atoms with Crippen LogP contribution in [0.2, 0.25) is 0 Å². The molecule has 128 valence electrons. The number of para-hydroxylation sites is 1. The lowest BCUT2D eigenvalue weighted by Gasteiger charge is -2.08. The number of hydrogen-bond acceptors (Lipinski definition) is 3. The largest absolute Gasteiger partial charge is 0.352 e. The Kier molecular flexibility index (Phi) is 5.23. The summed E-state index contributed by atoms with van der Waals surface area (Å²) in [5.41, 5.74) is 1.82. The summed E-state index contributed by atoms with van der Waals surface area (Å²) in [6.45, 7) is 2.81. The molecule has 1 heterocycles. The topological polar surface area (TPSA) is 64.0 Å². The third kappa shape index (κ3) is 3.76. The predicted octanol–water partition coefficient (Wildman–Crippen LogP) is 3.31. The minimum atomic E-state index is -0.123. The highest BCUT2D eigenvalue weighted by atomic mass is 16.1. The quantitative estimate of drug-likeness (QED) is 0.703. The lowest BCUT2D eigenvalue weighted by atomic mass is 10.2. The van der Waals surface area contributed by atoms with Crippen LogP contribution < -0.4 is 10.9 Å². The van der Waals surface area contributed by atoms with E-state index in [1.165, 1.54) is 10.9 Å². The highest BCUT2D eigenvalue weighted by Crippen LogP contribution is 2.11. The van der Waals surface area contributed by atoms with E-state index >= 15 is 0 Å². The Hall–Kier alpha value is -2.95. The fourth-order valence-electron chi connectivity index (χ4n) is 2.71. The molecule has 0 aliphatic rings. The van der Waals surface area contributed by atoms with Crippen LogP contribution in [0.1, 0.15) is 36.5 Å². The molecule has 0 fully saturated rings. The van der Waals surface area contributed by atoms with Crippen LogP contribution in [0.3, 0.4) is 0 Å². The van der Waals surface area contributed by atoms with Crippen molar-refractivity contribution in [1.29, 1.82) is 0 Å². The average molecular weight is 335 g/mol. The van der Waals surface area contributed by atoms with Gasteiger partial charge in [0.25, 0.3) is 11.5 Å². The van der Waals surface area contributed by atoms with Gasteiger partial charge in [-0.1, -0.05) is 31.9 Å². The fraction of sp³-hybridized carbons (Fsp3) is 0.250. The van der Waals surface area contributed by atoms with Crippen molar-refractivity contribution in [2.45, 2.75) is 26.2 Å². The van der Waals surface area contributed by atoms with Crippen LogP contribution in [0.5, 0.6) is 0 Å². The van der Waals surface area contributed by atoms with Crippen LogP contribution in [0.25, 0.3) is 16.6 Å². The monoisotopic (exact) mass is 335 g/mol. The van der Waals surface area contributed by atoms with E-state index in [1.807, 2.05) is 18.2 Å². The van der Waals surface area contributed by atoms with Crippen LogP contribution in [0.15, 0.2) is 59.7 Å². The van der Waals surface area contributed by atoms with E-state index in [0.29, 0.717) is 28.7 Å². The van der Waals surface area contributed by atoms with Crippen molar-refractivity contribution in [3.8, 4) is 5.69 Å². The molecule has 1 aromatic heterocycles. The van der Waals surface area contributed by atoms with Crippen LogP contribution in [0, 0.1) is 0 Å². The summed E-state index contributed by atoms with van der Waals surface area (Å²) in [4.78, 5) is 29.0. The minimum Gasteiger partial charge on any atom is -0.352 e. The lowest BCUT2D eigenvalue weighted by molar-refractivity contribution is 0.0953. The van der Waals surface area contributed by atoms with E-state index in [2.05, 4.69) is 17.2 Å². The summed E-state index contributed by atoms with van der Waals surface area (Å²) >= 11 is 0. The van der Waals surface area contributed by atoms with Gasteiger partial charge in [-0.15, -0.1) is 0 Å². The van der Waals surface area contributed by atoms with E-state index in [1.54, 1.807) is 30.3 Å². The molecule has 0 bridgehead atoms. The Morgan fingerprint density at radius 3 is 2.60 bits per heavy atom. The Bertz CT molecular complexity index is 930. The molecule has 0 saturated heterocycles. The lowest BCUT2D eigenvalue weighted by Crippen LogP contribution is -2.24. The van der Waals surface area contributed by atoms with Gasteiger partial charge in [0.15, 0.2) is 0 Å². The van der Waals surface area contributed by atoms with Gasteiger partial charge in [0.05, 0.1) is 16.6 Å². The standard InChI is InChI=1S/C20H21N3O2/c1-2-3-6-13-21-19(24)15-9-11-16(12-10-15)23-14-22-18-8-5-4-7-17(18)20(23)25/h4-5,7-12,14H,2-3,6,13H2,1H3,(H,21,24). The van der Waals surface area contributed by atoms with Crippen molar-refractivity contribution in [3.63, 3.8) is 0 Å². The first-order valence-electron chi connectivity index (χ1n) is 8.55. The number of nitrogens with zero attached hydrogens (tertiary/aromatic N) is 2. The second kappa shape index (κ2) is 7.75. The summed E-state index contributed by atoms with van der Waals surface area (Å²) in [5.74, 6) is -0.0911. The van der Waals surface area contributed by atoms with E-state index < -0.39 is 0 Å². The Morgan fingerprint density at radius 2 is 1.84 bits per heavy atom. The summed E-state index contributed by atoms with van der Waals surface area (Å²) in [7, 11) is 0. The molecular weight excluding hydrogens is 314 g/mol. The minimum absolute atomic E-state index is 0.0911. The molecule has 3 rings (SSSR count). The fourth-order valence-corrected chi connectivity index (χ4v) is 2.71. The van der Waals surface area contributed by atoms with Gasteiger partial charge >= 0.3 is 0 Å². The summed E-state index contributed by atoms with van der Waals surface area (Å²) in [6.07, 6.45) is 4.74. The smallest absolute Gasteiger partial charge is 0.265 e. The molecule has 5 heteroatoms. The molecular formula is C20H21N3O2. The average Bonchev–Trinajstić information content (AvgIpc) is 2.66. The number of aromatic nitrogens is 2. The number of rotatable bonds is 6. The molecule has 0 spiro atoms. The highest BCUT2D eigenvalue weighted by Gasteiger charge is 2.08. The number of hydrogen-bond donors (Lipinski definition) is 1. The second-order valence-electron chi connectivity index (χ2n) is 5.95. The first-order chi connectivity index (χ1) is 12.2. The first kappa shape index (κ1) is 16.9. The van der Waals surface area contributed by atoms with Crippen molar-refractivity contribution in [2.75, 3.05) is 6.54 Å². The first-order valence-corrected chi connectivity index (χ1v) is 8.55. The van der Waals surface area contributed by atoms with Crippen molar-refractivity contribution >= 4 is 16.8 Å². The zero-order valence-corrected chi connectivity index (χ0v) is 14.2. The number of nitrogens with one attached hydrogen (secondary N) is 1. The second-order valence-corrected chi connectivity index (χ2v) is 5.95. The third-order valence-corrected chi connectivity index (χ3v) is 4.14. The maximum absolute atomic E-state index is 12.6. The normalized spacial score (nSPS) is 10.8. The molecule has 0 aliphatic heterocycles. The molecule has 0 atom stereocenters. The summed E-state index contributed by atoms with van der Waals surface area (Å²) in [6, 6.07) is 14.2. The number of fused-ring (bicyclic) bond motifs is 1. The van der Waals surface area contributed by atoms with Crippen LogP contribution >= 0.6 is 0 Å². The zero-order valence-electron chi connectivity index (χ0n) is 14.2. The molecule has 1 N–H and O–H groups in total. The molecule has 0 unspecified atom stereocenters. The van der Waals surface area contributed by atoms with Crippen LogP contribution in [-0.2, 0) is 0 Å². The van der Waals surface area contributed by atoms with Crippen molar-refractivity contribution in [3.05, 3.63) is 70.8 Å². The van der Waals surface area contributed by atoms with E-state index in [4.69, 9.17) is 0 Å². The van der Waals surface area contributed by atoms with Gasteiger partial charge in [0.1, 0.15) is 6.33 Å². The van der Waals surface area contributed by atoms with Gasteiger partial charge in [-0.05, 0) is 42.8 Å². The number of amides is 1. The van der Waals surface area contributed by atoms with E-state index in [0.717, 1.165) is 19.3 Å². The molecule has 0 radical (unpaired) electrons. The Labute approximate surface area is 146 Å². The van der Waals surface area contributed by atoms with Crippen LogP contribution in [0.4, 0.5) is 0 Å². The number of unbranched alkanes of at least 4 members (excludes halogenated alkanes) is 2. The molecule has 0 aliphatic carbocycles. The third-order valence-electron chi connectivity index (χ3n) is 4.14. The molecule has 3 aromatic rings. The van der Waals surface area contributed by atoms with Gasteiger partial charge in [-0.25, -0.2) is 4.98 Å². The van der Waals surface area contributed by atoms with Crippen LogP contribution in [-0.4, -0.2) is 22.0 Å². The molecule has 25 heavy (non-hydrogen) atoms. The van der Waals surface area contributed by atoms with Gasteiger partial charge in [0, 0.05) is 12.1 Å². The molecule has 2 aromatic carbocycles. The van der Waals surface area contributed by atoms with Gasteiger partial charge in [-0.3, -0.25) is 14.2 Å². The number of benzene rings is 2. The number of carbonyl (C=O) groups is 1. The SMILES string of the molecule is CCCCCNC(=O)c1ccc(-n2cnc3ccccc3c2=O)cc1. The summed E-state index contributed by atoms with van der Waals surface area (Å²) < 4.78 is 1.49. The molecule has 0 saturated carbocycles. The highest BCUT2D eigenvalue weighted by molar-refractivity contribution is 5.94. The van der Waals surface area contributed by atoms with Gasteiger partial charge < -0.3 is 5.32 Å². The van der Waals surface area contributed by atoms with E-state index in [-0.39, 0.29) is 11.5 Å². The Morgan fingerprint density at radius 1 is 1.08 bits per heavy atom.